The number of rotatable bonds is 3. The highest BCUT2D eigenvalue weighted by Crippen LogP contribution is 2.17. The molecule has 0 atom stereocenters. The summed E-state index contributed by atoms with van der Waals surface area (Å²) in [5.41, 5.74) is 3.12. The Morgan fingerprint density at radius 3 is 2.71 bits per heavy atom. The second-order valence-electron chi connectivity index (χ2n) is 4.79. The summed E-state index contributed by atoms with van der Waals surface area (Å²) in [7, 11) is 1.89. The molecule has 1 N–H and O–H groups in total. The Morgan fingerprint density at radius 2 is 2.05 bits per heavy atom. The molecule has 0 saturated heterocycles. The lowest BCUT2D eigenvalue weighted by Crippen LogP contribution is -1.98. The maximum Gasteiger partial charge on any atom is 0.130 e. The van der Waals surface area contributed by atoms with Crippen molar-refractivity contribution < 1.29 is 0 Å². The highest BCUT2D eigenvalue weighted by Gasteiger charge is 2.05. The van der Waals surface area contributed by atoms with Gasteiger partial charge in [-0.25, -0.2) is 4.98 Å². The van der Waals surface area contributed by atoms with Crippen molar-refractivity contribution in [1.82, 2.24) is 19.7 Å². The van der Waals surface area contributed by atoms with E-state index in [9.17, 15) is 0 Å². The van der Waals surface area contributed by atoms with Crippen LogP contribution in [0.3, 0.4) is 0 Å². The van der Waals surface area contributed by atoms with Gasteiger partial charge in [-0.3, -0.25) is 4.68 Å². The lowest BCUT2D eigenvalue weighted by Gasteiger charge is -2.05. The molecule has 3 aromatic rings. The van der Waals surface area contributed by atoms with Gasteiger partial charge in [-0.05, 0) is 23.8 Å². The van der Waals surface area contributed by atoms with Crippen LogP contribution in [0.4, 0.5) is 0 Å². The number of aromatic amines is 1. The van der Waals surface area contributed by atoms with Crippen LogP contribution in [-0.2, 0) is 13.5 Å². The van der Waals surface area contributed by atoms with E-state index in [1.54, 1.807) is 4.68 Å². The Kier molecular flexibility index (Phi) is 3.98. The van der Waals surface area contributed by atoms with E-state index < -0.39 is 0 Å². The normalized spacial score (nSPS) is 10.8. The van der Waals surface area contributed by atoms with Gasteiger partial charge >= 0.3 is 0 Å². The van der Waals surface area contributed by atoms with Gasteiger partial charge in [-0.15, -0.1) is 0 Å². The Labute approximate surface area is 136 Å². The first-order valence-electron chi connectivity index (χ1n) is 6.44. The molecular weight excluding hydrogens is 348 g/mol. The number of nitrogens with one attached hydrogen (secondary N) is 1. The van der Waals surface area contributed by atoms with E-state index in [1.165, 1.54) is 5.56 Å². The molecular formula is C15H13BrN4S. The second kappa shape index (κ2) is 5.91. The number of hydrogen-bond donors (Lipinski definition) is 1. The largest absolute Gasteiger partial charge is 0.343 e. The Bertz CT molecular complexity index is 820. The second-order valence-corrected chi connectivity index (χ2v) is 6.12. The first kappa shape index (κ1) is 14.2. The summed E-state index contributed by atoms with van der Waals surface area (Å²) < 4.78 is 3.41. The zero-order valence-electron chi connectivity index (χ0n) is 11.4. The number of halogens is 1. The van der Waals surface area contributed by atoms with Gasteiger partial charge in [0.25, 0.3) is 0 Å². The molecule has 0 unspecified atom stereocenters. The van der Waals surface area contributed by atoms with E-state index in [0.717, 1.165) is 21.6 Å². The minimum Gasteiger partial charge on any atom is -0.343 e. The van der Waals surface area contributed by atoms with Crippen LogP contribution in [-0.4, -0.2) is 19.7 Å². The van der Waals surface area contributed by atoms with E-state index in [2.05, 4.69) is 43.1 Å². The average Bonchev–Trinajstić information content (AvgIpc) is 2.88. The van der Waals surface area contributed by atoms with Crippen LogP contribution in [0.15, 0.2) is 47.2 Å². The van der Waals surface area contributed by atoms with Gasteiger partial charge in [0.1, 0.15) is 10.5 Å². The summed E-state index contributed by atoms with van der Waals surface area (Å²) in [6.45, 7) is 0. The van der Waals surface area contributed by atoms with E-state index >= 15 is 0 Å². The Hall–Kier alpha value is -1.79. The monoisotopic (exact) mass is 360 g/mol. The van der Waals surface area contributed by atoms with E-state index in [4.69, 9.17) is 12.2 Å². The smallest absolute Gasteiger partial charge is 0.130 e. The molecule has 21 heavy (non-hydrogen) atoms. The summed E-state index contributed by atoms with van der Waals surface area (Å²) in [4.78, 5) is 7.74. The number of hydrogen-bond acceptors (Lipinski definition) is 3. The quantitative estimate of drug-likeness (QED) is 0.720. The van der Waals surface area contributed by atoms with Gasteiger partial charge in [-0.1, -0.05) is 40.3 Å². The zero-order valence-corrected chi connectivity index (χ0v) is 13.8. The fraction of sp³-hybridized carbons (Fsp3) is 0.133. The van der Waals surface area contributed by atoms with Crippen LogP contribution in [0.25, 0.3) is 11.3 Å². The van der Waals surface area contributed by atoms with Gasteiger partial charge in [0.05, 0.1) is 11.9 Å². The van der Waals surface area contributed by atoms with Gasteiger partial charge < -0.3 is 4.98 Å². The van der Waals surface area contributed by atoms with Crippen molar-refractivity contribution in [1.29, 1.82) is 0 Å². The fourth-order valence-electron chi connectivity index (χ4n) is 2.10. The van der Waals surface area contributed by atoms with Crippen molar-refractivity contribution in [3.05, 3.63) is 63.2 Å². The van der Waals surface area contributed by atoms with Gasteiger partial charge in [0.2, 0.25) is 0 Å². The molecule has 3 rings (SSSR count). The molecule has 0 amide bonds. The van der Waals surface area contributed by atoms with Crippen molar-refractivity contribution in [2.24, 2.45) is 7.05 Å². The number of aromatic nitrogens is 4. The van der Waals surface area contributed by atoms with Crippen molar-refractivity contribution in [2.45, 2.75) is 6.42 Å². The van der Waals surface area contributed by atoms with E-state index in [0.29, 0.717) is 11.1 Å². The van der Waals surface area contributed by atoms with Crippen LogP contribution in [0.1, 0.15) is 11.4 Å². The number of H-pyrrole nitrogens is 1. The molecule has 1 aromatic carbocycles. The number of aryl methyl sites for hydroxylation is 1. The van der Waals surface area contributed by atoms with Gasteiger partial charge in [0, 0.05) is 29.7 Å². The van der Waals surface area contributed by atoms with Gasteiger partial charge in [-0.2, -0.15) is 5.10 Å². The minimum absolute atomic E-state index is 0.583. The van der Waals surface area contributed by atoms with Crippen LogP contribution in [0, 0.1) is 4.64 Å². The maximum atomic E-state index is 5.27. The van der Waals surface area contributed by atoms with Gasteiger partial charge in [0.15, 0.2) is 0 Å². The molecule has 0 aliphatic heterocycles. The molecule has 106 valence electrons. The fourth-order valence-corrected chi connectivity index (χ4v) is 2.60. The highest BCUT2D eigenvalue weighted by atomic mass is 79.9. The molecule has 0 fully saturated rings. The predicted octanol–water partition coefficient (Wildman–Crippen LogP) is 3.89. The van der Waals surface area contributed by atoms with Crippen molar-refractivity contribution in [2.75, 3.05) is 0 Å². The van der Waals surface area contributed by atoms with E-state index in [-0.39, 0.29) is 0 Å². The summed E-state index contributed by atoms with van der Waals surface area (Å²) >= 11 is 8.70. The highest BCUT2D eigenvalue weighted by molar-refractivity contribution is 9.10. The predicted molar refractivity (Wildman–Crippen MR) is 88.6 cm³/mol. The summed E-state index contributed by atoms with van der Waals surface area (Å²) in [6.07, 6.45) is 4.47. The molecule has 2 heterocycles. The third kappa shape index (κ3) is 3.46. The molecule has 4 nitrogen and oxygen atoms in total. The first-order valence-corrected chi connectivity index (χ1v) is 7.64. The standard InChI is InChI=1S/C15H13BrN4S/c1-20-9-11(8-17-20)13-7-15(21)19-14(18-13)6-10-2-4-12(16)5-3-10/h2-5,7-9H,6H2,1H3,(H,18,19,21). The van der Waals surface area contributed by atoms with Crippen LogP contribution < -0.4 is 0 Å². The number of nitrogens with zero attached hydrogens (tertiary/aromatic N) is 3. The molecule has 0 aliphatic rings. The average molecular weight is 361 g/mol. The third-order valence-corrected chi connectivity index (χ3v) is 3.83. The molecule has 0 saturated carbocycles. The Morgan fingerprint density at radius 1 is 1.29 bits per heavy atom. The van der Waals surface area contributed by atoms with Crippen molar-refractivity contribution in [3.8, 4) is 11.3 Å². The molecule has 0 spiro atoms. The zero-order chi connectivity index (χ0) is 14.8. The maximum absolute atomic E-state index is 5.27. The minimum atomic E-state index is 0.583. The molecule has 0 bridgehead atoms. The lowest BCUT2D eigenvalue weighted by atomic mass is 10.1. The topological polar surface area (TPSA) is 46.5 Å². The van der Waals surface area contributed by atoms with Crippen molar-refractivity contribution >= 4 is 28.1 Å². The number of benzene rings is 1. The van der Waals surface area contributed by atoms with Crippen LogP contribution in [0.2, 0.25) is 0 Å². The third-order valence-electron chi connectivity index (χ3n) is 3.09. The summed E-state index contributed by atoms with van der Waals surface area (Å²) in [5.74, 6) is 0.851. The summed E-state index contributed by atoms with van der Waals surface area (Å²) in [5, 5.41) is 4.18. The van der Waals surface area contributed by atoms with Crippen LogP contribution >= 0.6 is 28.1 Å². The van der Waals surface area contributed by atoms with Crippen LogP contribution in [0.5, 0.6) is 0 Å². The molecule has 6 heteroatoms. The molecule has 2 aromatic heterocycles. The van der Waals surface area contributed by atoms with Crippen molar-refractivity contribution in [3.63, 3.8) is 0 Å². The lowest BCUT2D eigenvalue weighted by molar-refractivity contribution is 0.768. The summed E-state index contributed by atoms with van der Waals surface area (Å²) in [6, 6.07) is 10.0. The Balaban J connectivity index is 1.94. The molecule has 0 radical (unpaired) electrons. The first-order chi connectivity index (χ1) is 10.1. The SMILES string of the molecule is Cn1cc(-c2cc(=S)nc(Cc3ccc(Br)cc3)[nH]2)cn1. The van der Waals surface area contributed by atoms with E-state index in [1.807, 2.05) is 37.6 Å². The molecule has 0 aliphatic carbocycles.